The molecule has 0 unspecified atom stereocenters. The summed E-state index contributed by atoms with van der Waals surface area (Å²) in [5, 5.41) is 10.1. The van der Waals surface area contributed by atoms with Gasteiger partial charge in [0.2, 0.25) is 0 Å². The van der Waals surface area contributed by atoms with E-state index in [4.69, 9.17) is 0 Å². The van der Waals surface area contributed by atoms with Crippen molar-refractivity contribution in [1.82, 2.24) is 4.90 Å². The van der Waals surface area contributed by atoms with Crippen molar-refractivity contribution in [2.45, 2.75) is 38.5 Å². The molecule has 1 aliphatic carbocycles. The van der Waals surface area contributed by atoms with Crippen molar-refractivity contribution in [2.75, 3.05) is 14.1 Å². The highest BCUT2D eigenvalue weighted by atomic mass is 16.3. The minimum atomic E-state index is -0.0262. The lowest BCUT2D eigenvalue weighted by atomic mass is 9.83. The Labute approximate surface area is 115 Å². The number of rotatable bonds is 3. The lowest BCUT2D eigenvalue weighted by Crippen LogP contribution is -2.23. The second-order valence-electron chi connectivity index (χ2n) is 5.71. The zero-order chi connectivity index (χ0) is 13.8. The average molecular weight is 261 g/mol. The summed E-state index contributed by atoms with van der Waals surface area (Å²) in [6.45, 7) is 0. The first-order valence-corrected chi connectivity index (χ1v) is 7.12. The summed E-state index contributed by atoms with van der Waals surface area (Å²) < 4.78 is 0. The van der Waals surface area contributed by atoms with Crippen molar-refractivity contribution >= 4 is 5.91 Å². The van der Waals surface area contributed by atoms with Gasteiger partial charge >= 0.3 is 0 Å². The maximum atomic E-state index is 12.2. The summed E-state index contributed by atoms with van der Waals surface area (Å²) in [4.78, 5) is 13.7. The molecule has 0 spiro atoms. The second-order valence-corrected chi connectivity index (χ2v) is 5.71. The summed E-state index contributed by atoms with van der Waals surface area (Å²) in [5.74, 6) is 0.843. The van der Waals surface area contributed by atoms with Gasteiger partial charge in [0.15, 0.2) is 0 Å². The van der Waals surface area contributed by atoms with Crippen LogP contribution in [0.2, 0.25) is 0 Å². The second kappa shape index (κ2) is 6.09. The SMILES string of the molecule is CN(C)C(=O)c1cccc(O)c1CC1CCCCC1. The average Bonchev–Trinajstić information content (AvgIpc) is 2.41. The topological polar surface area (TPSA) is 40.5 Å². The highest BCUT2D eigenvalue weighted by Crippen LogP contribution is 2.31. The van der Waals surface area contributed by atoms with Crippen LogP contribution in [0.3, 0.4) is 0 Å². The van der Waals surface area contributed by atoms with Gasteiger partial charge in [-0.25, -0.2) is 0 Å². The highest BCUT2D eigenvalue weighted by molar-refractivity contribution is 5.96. The molecule has 1 fully saturated rings. The number of nitrogens with zero attached hydrogens (tertiary/aromatic N) is 1. The summed E-state index contributed by atoms with van der Waals surface area (Å²) in [5.41, 5.74) is 1.48. The Morgan fingerprint density at radius 1 is 1.26 bits per heavy atom. The van der Waals surface area contributed by atoms with Crippen molar-refractivity contribution in [2.24, 2.45) is 5.92 Å². The van der Waals surface area contributed by atoms with E-state index in [1.807, 2.05) is 6.07 Å². The Morgan fingerprint density at radius 3 is 2.58 bits per heavy atom. The summed E-state index contributed by atoms with van der Waals surface area (Å²) in [6, 6.07) is 5.25. The Balaban J connectivity index is 2.24. The van der Waals surface area contributed by atoms with Crippen LogP contribution in [0.5, 0.6) is 5.75 Å². The molecule has 0 aromatic heterocycles. The number of benzene rings is 1. The zero-order valence-corrected chi connectivity index (χ0v) is 11.9. The number of hydrogen-bond donors (Lipinski definition) is 1. The van der Waals surface area contributed by atoms with Gasteiger partial charge in [0.05, 0.1) is 0 Å². The van der Waals surface area contributed by atoms with E-state index in [0.29, 0.717) is 11.5 Å². The van der Waals surface area contributed by atoms with Crippen molar-refractivity contribution < 1.29 is 9.90 Å². The zero-order valence-electron chi connectivity index (χ0n) is 11.9. The number of aromatic hydroxyl groups is 1. The third-order valence-corrected chi connectivity index (χ3v) is 4.01. The molecule has 1 N–H and O–H groups in total. The minimum absolute atomic E-state index is 0.0262. The van der Waals surface area contributed by atoms with Crippen molar-refractivity contribution in [1.29, 1.82) is 0 Å². The van der Waals surface area contributed by atoms with Crippen LogP contribution in [0.25, 0.3) is 0 Å². The molecule has 0 radical (unpaired) electrons. The maximum absolute atomic E-state index is 12.2. The minimum Gasteiger partial charge on any atom is -0.508 e. The number of phenols is 1. The van der Waals surface area contributed by atoms with Gasteiger partial charge < -0.3 is 10.0 Å². The number of amides is 1. The quantitative estimate of drug-likeness (QED) is 0.907. The molecule has 2 rings (SSSR count). The monoisotopic (exact) mass is 261 g/mol. The molecule has 0 bridgehead atoms. The first kappa shape index (κ1) is 13.9. The van der Waals surface area contributed by atoms with E-state index in [1.54, 1.807) is 31.1 Å². The van der Waals surface area contributed by atoms with E-state index in [2.05, 4.69) is 0 Å². The molecule has 1 aromatic carbocycles. The molecule has 0 saturated heterocycles. The van der Waals surface area contributed by atoms with E-state index in [0.717, 1.165) is 12.0 Å². The van der Waals surface area contributed by atoms with Crippen molar-refractivity contribution in [3.05, 3.63) is 29.3 Å². The molecule has 1 amide bonds. The smallest absolute Gasteiger partial charge is 0.253 e. The molecule has 1 aromatic rings. The number of phenolic OH excluding ortho intramolecular Hbond substituents is 1. The normalized spacial score (nSPS) is 16.3. The van der Waals surface area contributed by atoms with Crippen LogP contribution in [0.15, 0.2) is 18.2 Å². The van der Waals surface area contributed by atoms with E-state index in [9.17, 15) is 9.90 Å². The van der Waals surface area contributed by atoms with Gasteiger partial charge in [0, 0.05) is 25.2 Å². The molecule has 3 nitrogen and oxygen atoms in total. The molecule has 0 atom stereocenters. The fourth-order valence-electron chi connectivity index (χ4n) is 2.91. The molecule has 3 heteroatoms. The standard InChI is InChI=1S/C16H23NO2/c1-17(2)16(19)13-9-6-10-15(18)14(13)11-12-7-4-3-5-8-12/h6,9-10,12,18H,3-5,7-8,11H2,1-2H3. The molecule has 19 heavy (non-hydrogen) atoms. The largest absolute Gasteiger partial charge is 0.508 e. The number of hydrogen-bond acceptors (Lipinski definition) is 2. The molecule has 1 aliphatic rings. The number of carbonyl (C=O) groups is 1. The van der Waals surface area contributed by atoms with Gasteiger partial charge in [-0.3, -0.25) is 4.79 Å². The van der Waals surface area contributed by atoms with E-state index in [-0.39, 0.29) is 11.7 Å². The lowest BCUT2D eigenvalue weighted by molar-refractivity contribution is 0.0825. The Bertz CT molecular complexity index is 448. The van der Waals surface area contributed by atoms with Crippen LogP contribution in [-0.4, -0.2) is 30.0 Å². The Morgan fingerprint density at radius 2 is 1.95 bits per heavy atom. The molecule has 104 valence electrons. The van der Waals surface area contributed by atoms with Crippen molar-refractivity contribution in [3.63, 3.8) is 0 Å². The maximum Gasteiger partial charge on any atom is 0.253 e. The van der Waals surface area contributed by atoms with Crippen molar-refractivity contribution in [3.8, 4) is 5.75 Å². The van der Waals surface area contributed by atoms with Crippen LogP contribution in [0.4, 0.5) is 0 Å². The molecular formula is C16H23NO2. The van der Waals surface area contributed by atoms with Gasteiger partial charge in [-0.05, 0) is 24.5 Å². The van der Waals surface area contributed by atoms with Crippen LogP contribution in [-0.2, 0) is 6.42 Å². The van der Waals surface area contributed by atoms with Crippen LogP contribution in [0.1, 0.15) is 48.0 Å². The molecule has 0 heterocycles. The first-order valence-electron chi connectivity index (χ1n) is 7.12. The van der Waals surface area contributed by atoms with Gasteiger partial charge in [-0.1, -0.05) is 38.2 Å². The van der Waals surface area contributed by atoms with Crippen LogP contribution >= 0.6 is 0 Å². The van der Waals surface area contributed by atoms with Gasteiger partial charge in [-0.2, -0.15) is 0 Å². The molecular weight excluding hydrogens is 238 g/mol. The first-order chi connectivity index (χ1) is 9.09. The van der Waals surface area contributed by atoms with Gasteiger partial charge in [0.1, 0.15) is 5.75 Å². The van der Waals surface area contributed by atoms with Crippen LogP contribution in [0, 0.1) is 5.92 Å². The Hall–Kier alpha value is -1.51. The van der Waals surface area contributed by atoms with E-state index >= 15 is 0 Å². The van der Waals surface area contributed by atoms with Gasteiger partial charge in [-0.15, -0.1) is 0 Å². The number of carbonyl (C=O) groups excluding carboxylic acids is 1. The lowest BCUT2D eigenvalue weighted by Gasteiger charge is -2.23. The summed E-state index contributed by atoms with van der Waals surface area (Å²) in [6.07, 6.45) is 7.11. The van der Waals surface area contributed by atoms with E-state index < -0.39 is 0 Å². The molecule has 1 saturated carbocycles. The highest BCUT2D eigenvalue weighted by Gasteiger charge is 2.21. The third-order valence-electron chi connectivity index (χ3n) is 4.01. The van der Waals surface area contributed by atoms with Crippen LogP contribution < -0.4 is 0 Å². The fraction of sp³-hybridized carbons (Fsp3) is 0.562. The predicted octanol–water partition coefficient (Wildman–Crippen LogP) is 3.22. The third kappa shape index (κ3) is 3.28. The fourth-order valence-corrected chi connectivity index (χ4v) is 2.91. The summed E-state index contributed by atoms with van der Waals surface area (Å²) in [7, 11) is 3.49. The Kier molecular flexibility index (Phi) is 4.46. The van der Waals surface area contributed by atoms with E-state index in [1.165, 1.54) is 32.1 Å². The predicted molar refractivity (Wildman–Crippen MR) is 76.4 cm³/mol. The van der Waals surface area contributed by atoms with Gasteiger partial charge in [0.25, 0.3) is 5.91 Å². The molecule has 0 aliphatic heterocycles. The summed E-state index contributed by atoms with van der Waals surface area (Å²) >= 11 is 0.